The van der Waals surface area contributed by atoms with E-state index in [1.54, 1.807) is 18.2 Å². The Kier molecular flexibility index (Phi) is 4.40. The zero-order chi connectivity index (χ0) is 12.0. The Morgan fingerprint density at radius 3 is 2.50 bits per heavy atom. The van der Waals surface area contributed by atoms with E-state index in [1.807, 2.05) is 0 Å². The summed E-state index contributed by atoms with van der Waals surface area (Å²) in [5, 5.41) is 0. The molecular formula is C12H14F2O2. The van der Waals surface area contributed by atoms with Crippen molar-refractivity contribution in [3.8, 4) is 0 Å². The molecule has 0 fully saturated rings. The fourth-order valence-corrected chi connectivity index (χ4v) is 1.38. The fourth-order valence-electron chi connectivity index (χ4n) is 1.38. The molecule has 0 aliphatic rings. The molecule has 0 aliphatic heterocycles. The van der Waals surface area contributed by atoms with Gasteiger partial charge in [0.25, 0.3) is 5.92 Å². The van der Waals surface area contributed by atoms with Crippen molar-refractivity contribution in [1.29, 1.82) is 0 Å². The first-order valence-electron chi connectivity index (χ1n) is 5.06. The van der Waals surface area contributed by atoms with Gasteiger partial charge >= 0.3 is 5.97 Å². The average Bonchev–Trinajstić information content (AvgIpc) is 2.30. The summed E-state index contributed by atoms with van der Waals surface area (Å²) in [7, 11) is 1.25. The van der Waals surface area contributed by atoms with E-state index in [2.05, 4.69) is 4.74 Å². The predicted octanol–water partition coefficient (Wildman–Crippen LogP) is 3.12. The summed E-state index contributed by atoms with van der Waals surface area (Å²) < 4.78 is 31.5. The molecule has 0 bridgehead atoms. The van der Waals surface area contributed by atoms with Crippen LogP contribution in [0.1, 0.15) is 24.8 Å². The number of rotatable bonds is 5. The van der Waals surface area contributed by atoms with Gasteiger partial charge in [-0.15, -0.1) is 0 Å². The van der Waals surface area contributed by atoms with Crippen LogP contribution in [-0.2, 0) is 15.5 Å². The van der Waals surface area contributed by atoms with Gasteiger partial charge in [0.15, 0.2) is 0 Å². The minimum absolute atomic E-state index is 0.0140. The molecule has 1 rings (SSSR count). The number of carbonyl (C=O) groups excluding carboxylic acids is 1. The highest BCUT2D eigenvalue weighted by Gasteiger charge is 2.30. The number of hydrogen-bond donors (Lipinski definition) is 0. The molecule has 88 valence electrons. The van der Waals surface area contributed by atoms with Crippen molar-refractivity contribution in [3.63, 3.8) is 0 Å². The highest BCUT2D eigenvalue weighted by atomic mass is 19.3. The number of alkyl halides is 2. The van der Waals surface area contributed by atoms with E-state index < -0.39 is 11.9 Å². The van der Waals surface area contributed by atoms with E-state index >= 15 is 0 Å². The van der Waals surface area contributed by atoms with E-state index in [4.69, 9.17) is 0 Å². The molecule has 1 aromatic carbocycles. The number of benzene rings is 1. The van der Waals surface area contributed by atoms with Crippen LogP contribution < -0.4 is 0 Å². The molecule has 0 atom stereocenters. The molecule has 0 aliphatic carbocycles. The maximum absolute atomic E-state index is 13.6. The van der Waals surface area contributed by atoms with Crippen molar-refractivity contribution in [3.05, 3.63) is 35.9 Å². The summed E-state index contributed by atoms with van der Waals surface area (Å²) in [5.74, 6) is -3.33. The third kappa shape index (κ3) is 3.61. The smallest absolute Gasteiger partial charge is 0.305 e. The minimum Gasteiger partial charge on any atom is -0.469 e. The minimum atomic E-state index is -2.88. The van der Waals surface area contributed by atoms with Gasteiger partial charge < -0.3 is 4.74 Å². The van der Waals surface area contributed by atoms with Gasteiger partial charge in [0.1, 0.15) is 0 Å². The molecule has 0 heterocycles. The van der Waals surface area contributed by atoms with E-state index in [-0.39, 0.29) is 24.8 Å². The van der Waals surface area contributed by atoms with E-state index in [0.717, 1.165) is 0 Å². The SMILES string of the molecule is COC(=O)CCCC(F)(F)c1ccccc1. The summed E-state index contributed by atoms with van der Waals surface area (Å²) in [5.41, 5.74) is -0.0140. The predicted molar refractivity (Wildman–Crippen MR) is 56.2 cm³/mol. The largest absolute Gasteiger partial charge is 0.469 e. The van der Waals surface area contributed by atoms with Crippen LogP contribution in [0.2, 0.25) is 0 Å². The van der Waals surface area contributed by atoms with E-state index in [0.29, 0.717) is 0 Å². The molecule has 1 aromatic rings. The van der Waals surface area contributed by atoms with Crippen molar-refractivity contribution in [2.45, 2.75) is 25.2 Å². The second kappa shape index (κ2) is 5.58. The van der Waals surface area contributed by atoms with Crippen LogP contribution in [0.4, 0.5) is 8.78 Å². The Morgan fingerprint density at radius 1 is 1.31 bits per heavy atom. The second-order valence-electron chi connectivity index (χ2n) is 3.50. The van der Waals surface area contributed by atoms with Gasteiger partial charge in [-0.1, -0.05) is 30.3 Å². The van der Waals surface area contributed by atoms with Crippen LogP contribution in [0.5, 0.6) is 0 Å². The van der Waals surface area contributed by atoms with Gasteiger partial charge in [-0.25, -0.2) is 8.78 Å². The van der Waals surface area contributed by atoms with Crippen molar-refractivity contribution in [2.24, 2.45) is 0 Å². The zero-order valence-electron chi connectivity index (χ0n) is 9.08. The molecule has 4 heteroatoms. The maximum atomic E-state index is 13.6. The monoisotopic (exact) mass is 228 g/mol. The number of carbonyl (C=O) groups is 1. The van der Waals surface area contributed by atoms with Gasteiger partial charge in [0.05, 0.1) is 7.11 Å². The first kappa shape index (κ1) is 12.6. The number of ether oxygens (including phenoxy) is 1. The molecule has 16 heavy (non-hydrogen) atoms. The third-order valence-electron chi connectivity index (χ3n) is 2.30. The third-order valence-corrected chi connectivity index (χ3v) is 2.30. The van der Waals surface area contributed by atoms with Crippen LogP contribution in [0.25, 0.3) is 0 Å². The van der Waals surface area contributed by atoms with Crippen molar-refractivity contribution in [2.75, 3.05) is 7.11 Å². The molecule has 0 amide bonds. The lowest BCUT2D eigenvalue weighted by molar-refractivity contribution is -0.141. The fraction of sp³-hybridized carbons (Fsp3) is 0.417. The Hall–Kier alpha value is -1.45. The maximum Gasteiger partial charge on any atom is 0.305 e. The van der Waals surface area contributed by atoms with Gasteiger partial charge in [0.2, 0.25) is 0 Å². The lowest BCUT2D eigenvalue weighted by Gasteiger charge is -2.16. The Labute approximate surface area is 93.2 Å². The van der Waals surface area contributed by atoms with Crippen molar-refractivity contribution >= 4 is 5.97 Å². The van der Waals surface area contributed by atoms with Gasteiger partial charge in [-0.05, 0) is 6.42 Å². The van der Waals surface area contributed by atoms with Crippen LogP contribution in [0.3, 0.4) is 0 Å². The van der Waals surface area contributed by atoms with Gasteiger partial charge in [0, 0.05) is 18.4 Å². The second-order valence-corrected chi connectivity index (χ2v) is 3.50. The first-order chi connectivity index (χ1) is 7.56. The summed E-state index contributed by atoms with van der Waals surface area (Å²) in [6.07, 6.45) is -0.195. The zero-order valence-corrected chi connectivity index (χ0v) is 9.08. The molecule has 0 N–H and O–H groups in total. The van der Waals surface area contributed by atoms with Gasteiger partial charge in [-0.2, -0.15) is 0 Å². The normalized spacial score (nSPS) is 11.2. The number of halogens is 2. The number of hydrogen-bond acceptors (Lipinski definition) is 2. The molecule has 0 saturated carbocycles. The molecule has 0 aromatic heterocycles. The standard InChI is InChI=1S/C12H14F2O2/c1-16-11(15)8-5-9-12(13,14)10-6-3-2-4-7-10/h2-4,6-7H,5,8-9H2,1H3. The highest BCUT2D eigenvalue weighted by molar-refractivity contribution is 5.69. The van der Waals surface area contributed by atoms with Crippen LogP contribution in [0, 0.1) is 0 Å². The topological polar surface area (TPSA) is 26.3 Å². The lowest BCUT2D eigenvalue weighted by atomic mass is 10.0. The highest BCUT2D eigenvalue weighted by Crippen LogP contribution is 2.32. The van der Waals surface area contributed by atoms with Crippen LogP contribution >= 0.6 is 0 Å². The van der Waals surface area contributed by atoms with E-state index in [1.165, 1.54) is 19.2 Å². The summed E-state index contributed by atoms with van der Waals surface area (Å²) >= 11 is 0. The summed E-state index contributed by atoms with van der Waals surface area (Å²) in [4.78, 5) is 10.8. The number of methoxy groups -OCH3 is 1. The molecule has 0 radical (unpaired) electrons. The summed E-state index contributed by atoms with van der Waals surface area (Å²) in [6.45, 7) is 0. The molecule has 2 nitrogen and oxygen atoms in total. The molecule has 0 spiro atoms. The molecular weight excluding hydrogens is 214 g/mol. The first-order valence-corrected chi connectivity index (χ1v) is 5.06. The van der Waals surface area contributed by atoms with Crippen LogP contribution in [0.15, 0.2) is 30.3 Å². The van der Waals surface area contributed by atoms with Crippen molar-refractivity contribution < 1.29 is 18.3 Å². The Bertz CT molecular complexity index is 336. The number of esters is 1. The summed E-state index contributed by atoms with van der Waals surface area (Å²) in [6, 6.07) is 7.61. The Balaban J connectivity index is 2.49. The quantitative estimate of drug-likeness (QED) is 0.724. The van der Waals surface area contributed by atoms with Crippen LogP contribution in [-0.4, -0.2) is 13.1 Å². The average molecular weight is 228 g/mol. The lowest BCUT2D eigenvalue weighted by Crippen LogP contribution is -2.14. The molecule has 0 saturated heterocycles. The molecule has 0 unspecified atom stereocenters. The Morgan fingerprint density at radius 2 is 1.94 bits per heavy atom. The van der Waals surface area contributed by atoms with E-state index in [9.17, 15) is 13.6 Å². The van der Waals surface area contributed by atoms with Crippen molar-refractivity contribution in [1.82, 2.24) is 0 Å². The van der Waals surface area contributed by atoms with Gasteiger partial charge in [-0.3, -0.25) is 4.79 Å².